The maximum atomic E-state index is 10.1. The lowest BCUT2D eigenvalue weighted by Gasteiger charge is -2.24. The molecule has 0 aliphatic rings. The summed E-state index contributed by atoms with van der Waals surface area (Å²) in [6, 6.07) is 0. The average Bonchev–Trinajstić information content (AvgIpc) is 2.79. The maximum absolute atomic E-state index is 10.1. The van der Waals surface area contributed by atoms with E-state index in [1.807, 2.05) is 6.92 Å². The van der Waals surface area contributed by atoms with Crippen LogP contribution in [0.3, 0.4) is 0 Å². The van der Waals surface area contributed by atoms with E-state index in [1.165, 1.54) is 51.6 Å². The molecule has 0 radical (unpaired) electrons. The Labute approximate surface area is 200 Å². The molecule has 6 nitrogen and oxygen atoms in total. The van der Waals surface area contributed by atoms with Gasteiger partial charge < -0.3 is 29.9 Å². The summed E-state index contributed by atoms with van der Waals surface area (Å²) in [4.78, 5) is 2.32. The minimum absolute atomic E-state index is 0.347. The van der Waals surface area contributed by atoms with Crippen molar-refractivity contribution in [2.24, 2.45) is 0 Å². The Balaban J connectivity index is 0. The van der Waals surface area contributed by atoms with Crippen molar-refractivity contribution < 1.29 is 19.7 Å². The molecule has 0 heterocycles. The first-order chi connectivity index (χ1) is 15.5. The Morgan fingerprint density at radius 2 is 1.19 bits per heavy atom. The molecule has 0 rings (SSSR count). The van der Waals surface area contributed by atoms with Crippen molar-refractivity contribution in [3.05, 3.63) is 0 Å². The molecule has 6 heteroatoms. The molecule has 0 aromatic rings. The molecular formula is C26H58N2O4. The summed E-state index contributed by atoms with van der Waals surface area (Å²) in [6.45, 7) is 18.1. The van der Waals surface area contributed by atoms with Crippen LogP contribution in [0.1, 0.15) is 98.8 Å². The number of ether oxygens (including phenoxy) is 2. The van der Waals surface area contributed by atoms with Gasteiger partial charge in [-0.15, -0.1) is 0 Å². The van der Waals surface area contributed by atoms with E-state index in [9.17, 15) is 10.2 Å². The summed E-state index contributed by atoms with van der Waals surface area (Å²) in [5.41, 5.74) is 0. The Hall–Kier alpha value is -0.240. The van der Waals surface area contributed by atoms with Crippen LogP contribution in [0.2, 0.25) is 0 Å². The zero-order valence-electron chi connectivity index (χ0n) is 22.2. The van der Waals surface area contributed by atoms with Crippen LogP contribution in [-0.2, 0) is 9.47 Å². The van der Waals surface area contributed by atoms with Gasteiger partial charge in [0.2, 0.25) is 0 Å². The second-order valence-electron chi connectivity index (χ2n) is 8.68. The maximum Gasteiger partial charge on any atom is 0.0900 e. The average molecular weight is 463 g/mol. The van der Waals surface area contributed by atoms with Gasteiger partial charge in [-0.25, -0.2) is 0 Å². The van der Waals surface area contributed by atoms with Crippen LogP contribution in [0.5, 0.6) is 0 Å². The summed E-state index contributed by atoms with van der Waals surface area (Å²) >= 11 is 0. The van der Waals surface area contributed by atoms with E-state index >= 15 is 0 Å². The molecule has 0 spiro atoms. The highest BCUT2D eigenvalue weighted by molar-refractivity contribution is 4.64. The zero-order valence-corrected chi connectivity index (χ0v) is 22.2. The predicted octanol–water partition coefficient (Wildman–Crippen LogP) is 4.62. The van der Waals surface area contributed by atoms with Crippen molar-refractivity contribution in [2.45, 2.75) is 111 Å². The van der Waals surface area contributed by atoms with Crippen molar-refractivity contribution in [1.29, 1.82) is 0 Å². The summed E-state index contributed by atoms with van der Waals surface area (Å²) in [5.74, 6) is 0. The summed E-state index contributed by atoms with van der Waals surface area (Å²) in [5, 5.41) is 22.8. The quantitative estimate of drug-likeness (QED) is 0.192. The van der Waals surface area contributed by atoms with E-state index in [-0.39, 0.29) is 6.10 Å². The molecule has 0 aliphatic carbocycles. The molecule has 3 N–H and O–H groups in total. The molecule has 2 unspecified atom stereocenters. The monoisotopic (exact) mass is 462 g/mol. The lowest BCUT2D eigenvalue weighted by Crippen LogP contribution is -2.36. The van der Waals surface area contributed by atoms with E-state index in [0.717, 1.165) is 38.8 Å². The van der Waals surface area contributed by atoms with Crippen LogP contribution in [0.15, 0.2) is 0 Å². The Kier molecular flexibility index (Phi) is 30.5. The van der Waals surface area contributed by atoms with Crippen LogP contribution in [0, 0.1) is 0 Å². The summed E-state index contributed by atoms with van der Waals surface area (Å²) in [6.07, 6.45) is 10.6. The molecule has 0 fully saturated rings. The van der Waals surface area contributed by atoms with E-state index in [4.69, 9.17) is 9.47 Å². The Morgan fingerprint density at radius 1 is 0.656 bits per heavy atom. The van der Waals surface area contributed by atoms with Crippen molar-refractivity contribution in [2.75, 3.05) is 59.2 Å². The lowest BCUT2D eigenvalue weighted by atomic mass is 10.2. The lowest BCUT2D eigenvalue weighted by molar-refractivity contribution is 0.00915. The number of nitrogens with one attached hydrogen (secondary N) is 1. The van der Waals surface area contributed by atoms with E-state index in [1.54, 1.807) is 0 Å². The Bertz CT molecular complexity index is 329. The highest BCUT2D eigenvalue weighted by Gasteiger charge is 2.11. The van der Waals surface area contributed by atoms with Crippen molar-refractivity contribution in [3.8, 4) is 0 Å². The highest BCUT2D eigenvalue weighted by Crippen LogP contribution is 2.01. The van der Waals surface area contributed by atoms with Crippen LogP contribution >= 0.6 is 0 Å². The summed E-state index contributed by atoms with van der Waals surface area (Å²) in [7, 11) is 0. The van der Waals surface area contributed by atoms with Gasteiger partial charge in [0.15, 0.2) is 0 Å². The smallest absolute Gasteiger partial charge is 0.0900 e. The van der Waals surface area contributed by atoms with Gasteiger partial charge in [0, 0.05) is 19.8 Å². The number of hydrogen-bond acceptors (Lipinski definition) is 6. The summed E-state index contributed by atoms with van der Waals surface area (Å²) < 4.78 is 10.9. The second kappa shape index (κ2) is 28.8. The van der Waals surface area contributed by atoms with Gasteiger partial charge in [-0.2, -0.15) is 0 Å². The van der Waals surface area contributed by atoms with E-state index < -0.39 is 6.10 Å². The molecule has 32 heavy (non-hydrogen) atoms. The van der Waals surface area contributed by atoms with E-state index in [2.05, 4.69) is 37.9 Å². The third kappa shape index (κ3) is 27.8. The first kappa shape index (κ1) is 33.9. The largest absolute Gasteiger partial charge is 0.391 e. The minimum Gasteiger partial charge on any atom is -0.391 e. The van der Waals surface area contributed by atoms with Gasteiger partial charge >= 0.3 is 0 Å². The molecule has 196 valence electrons. The molecule has 0 amide bonds. The third-order valence-corrected chi connectivity index (χ3v) is 5.17. The molecule has 2 atom stereocenters. The van der Waals surface area contributed by atoms with Crippen LogP contribution in [0.4, 0.5) is 0 Å². The fraction of sp³-hybridized carbons (Fsp3) is 1.00. The molecule has 0 aliphatic heterocycles. The van der Waals surface area contributed by atoms with Gasteiger partial charge in [-0.1, -0.05) is 53.9 Å². The van der Waals surface area contributed by atoms with Gasteiger partial charge in [-0.3, -0.25) is 0 Å². The van der Waals surface area contributed by atoms with Crippen molar-refractivity contribution in [1.82, 2.24) is 10.2 Å². The fourth-order valence-electron chi connectivity index (χ4n) is 3.04. The Morgan fingerprint density at radius 3 is 1.66 bits per heavy atom. The minimum atomic E-state index is -0.408. The second-order valence-corrected chi connectivity index (χ2v) is 8.68. The highest BCUT2D eigenvalue weighted by atomic mass is 16.5. The number of nitrogens with zero attached hydrogens (tertiary/aromatic N) is 1. The van der Waals surface area contributed by atoms with Crippen LogP contribution in [0.25, 0.3) is 0 Å². The van der Waals surface area contributed by atoms with E-state index in [0.29, 0.717) is 33.0 Å². The zero-order chi connectivity index (χ0) is 24.3. The number of aliphatic hydroxyl groups excluding tert-OH is 2. The number of hydrogen-bond donors (Lipinski definition) is 3. The number of aliphatic hydroxyl groups is 2. The van der Waals surface area contributed by atoms with Gasteiger partial charge in [0.05, 0.1) is 25.4 Å². The third-order valence-electron chi connectivity index (χ3n) is 5.17. The first-order valence-electron chi connectivity index (χ1n) is 13.5. The standard InChI is InChI=1S/C18H39NO4.C8H19N/c1-4-7-11-19(10-5-2)14-18(21)16-23-13-9-8-12-22-15-17(20)6-3;1-3-5-7-9-8-6-4-2/h17-18,20-21H,4-16H2,1-3H3;9H,3-8H2,1-2H3. The van der Waals surface area contributed by atoms with Gasteiger partial charge in [-0.05, 0) is 71.1 Å². The topological polar surface area (TPSA) is 74.2 Å². The van der Waals surface area contributed by atoms with Gasteiger partial charge in [0.1, 0.15) is 0 Å². The molecule has 0 aromatic heterocycles. The van der Waals surface area contributed by atoms with Crippen molar-refractivity contribution >= 4 is 0 Å². The van der Waals surface area contributed by atoms with Crippen LogP contribution in [-0.4, -0.2) is 86.5 Å². The normalized spacial score (nSPS) is 13.1. The number of rotatable bonds is 23. The molecule has 0 bridgehead atoms. The SMILES string of the molecule is CCCCN(CCC)CC(O)COCCCCOCC(O)CC.CCCCNCCCC. The van der Waals surface area contributed by atoms with Crippen LogP contribution < -0.4 is 5.32 Å². The fourth-order valence-corrected chi connectivity index (χ4v) is 3.04. The molecule has 0 saturated heterocycles. The molecule has 0 aromatic carbocycles. The number of unbranched alkanes of at least 4 members (excludes halogenated alkanes) is 4. The molecule has 0 saturated carbocycles. The predicted molar refractivity (Wildman–Crippen MR) is 138 cm³/mol. The van der Waals surface area contributed by atoms with Crippen molar-refractivity contribution in [3.63, 3.8) is 0 Å². The van der Waals surface area contributed by atoms with Gasteiger partial charge in [0.25, 0.3) is 0 Å². The molecular weight excluding hydrogens is 404 g/mol. The first-order valence-corrected chi connectivity index (χ1v) is 13.5.